The number of nitrogens with two attached hydrogens (primary N) is 1. The van der Waals surface area contributed by atoms with Crippen LogP contribution in [0.5, 0.6) is 0 Å². The molecule has 0 saturated carbocycles. The van der Waals surface area contributed by atoms with E-state index in [4.69, 9.17) is 5.73 Å². The third-order valence-electron chi connectivity index (χ3n) is 1.60. The van der Waals surface area contributed by atoms with Crippen LogP contribution in [0.3, 0.4) is 0 Å². The van der Waals surface area contributed by atoms with Crippen LogP contribution in [0.15, 0.2) is 11.2 Å². The van der Waals surface area contributed by atoms with Crippen molar-refractivity contribution >= 4 is 23.2 Å². The number of thioether (sulfide) groups is 1. The summed E-state index contributed by atoms with van der Waals surface area (Å²) in [7, 11) is 0. The Hall–Kier alpha value is -1.30. The minimum Gasteiger partial charge on any atom is -0.383 e. The molecule has 0 aromatic carbocycles. The van der Waals surface area contributed by atoms with Crippen LogP contribution < -0.4 is 5.73 Å². The summed E-state index contributed by atoms with van der Waals surface area (Å²) in [5.74, 6) is 1.20. The highest BCUT2D eigenvalue weighted by Crippen LogP contribution is 2.15. The second-order valence-corrected chi connectivity index (χ2v) is 3.37. The number of hydrogen-bond donors (Lipinski definition) is 1. The summed E-state index contributed by atoms with van der Waals surface area (Å²) in [4.78, 5) is 8.34. The molecule has 5 nitrogen and oxygen atoms in total. The topological polar surface area (TPSA) is 69.1 Å². The van der Waals surface area contributed by atoms with Crippen LogP contribution in [0.4, 0.5) is 5.82 Å². The highest BCUT2D eigenvalue weighted by molar-refractivity contribution is 7.98. The van der Waals surface area contributed by atoms with Gasteiger partial charge in [0, 0.05) is 6.07 Å². The highest BCUT2D eigenvalue weighted by atomic mass is 32.2. The van der Waals surface area contributed by atoms with Crippen LogP contribution in [-0.4, -0.2) is 25.8 Å². The molecule has 0 spiro atoms. The van der Waals surface area contributed by atoms with Gasteiger partial charge in [-0.25, -0.2) is 9.97 Å². The summed E-state index contributed by atoms with van der Waals surface area (Å²) in [6.45, 7) is 1.84. The van der Waals surface area contributed by atoms with E-state index < -0.39 is 0 Å². The maximum absolute atomic E-state index is 5.60. The molecular formula is C7H9N5S. The Morgan fingerprint density at radius 3 is 2.92 bits per heavy atom. The van der Waals surface area contributed by atoms with E-state index in [1.54, 1.807) is 10.6 Å². The molecule has 0 radical (unpaired) electrons. The van der Waals surface area contributed by atoms with Crippen LogP contribution in [0.1, 0.15) is 5.82 Å². The van der Waals surface area contributed by atoms with E-state index in [1.807, 2.05) is 13.2 Å². The molecule has 0 aliphatic rings. The number of nitrogens with zero attached hydrogens (tertiary/aromatic N) is 4. The van der Waals surface area contributed by atoms with Crippen molar-refractivity contribution in [1.29, 1.82) is 0 Å². The number of aryl methyl sites for hydroxylation is 1. The van der Waals surface area contributed by atoms with E-state index in [0.717, 1.165) is 16.6 Å². The molecule has 2 N–H and O–H groups in total. The van der Waals surface area contributed by atoms with Gasteiger partial charge in [-0.3, -0.25) is 0 Å². The molecule has 2 heterocycles. The Morgan fingerprint density at radius 2 is 2.23 bits per heavy atom. The van der Waals surface area contributed by atoms with Crippen molar-refractivity contribution in [2.75, 3.05) is 12.0 Å². The molecule has 0 bridgehead atoms. The van der Waals surface area contributed by atoms with Crippen LogP contribution in [0, 0.1) is 6.92 Å². The van der Waals surface area contributed by atoms with Crippen LogP contribution in [0.2, 0.25) is 0 Å². The predicted octanol–water partition coefficient (Wildman–Crippen LogP) is 0.737. The van der Waals surface area contributed by atoms with Gasteiger partial charge in [0.25, 0.3) is 0 Å². The van der Waals surface area contributed by atoms with Gasteiger partial charge in [-0.05, 0) is 13.2 Å². The predicted molar refractivity (Wildman–Crippen MR) is 51.7 cm³/mol. The lowest BCUT2D eigenvalue weighted by Crippen LogP contribution is -1.99. The zero-order valence-corrected chi connectivity index (χ0v) is 8.17. The number of nitrogen functional groups attached to an aromatic ring is 1. The lowest BCUT2D eigenvalue weighted by atomic mass is 10.6. The average Bonchev–Trinajstić information content (AvgIpc) is 2.43. The van der Waals surface area contributed by atoms with Crippen molar-refractivity contribution in [3.05, 3.63) is 11.9 Å². The number of aromatic nitrogens is 4. The fraction of sp³-hybridized carbons (Fsp3) is 0.286. The maximum atomic E-state index is 5.60. The van der Waals surface area contributed by atoms with Gasteiger partial charge >= 0.3 is 0 Å². The first-order valence-corrected chi connectivity index (χ1v) is 4.97. The standard InChI is InChI=1S/C7H9N5S/c1-4-9-6-3-5(8)10-7(13-2)12(6)11-4/h3H,8H2,1-2H3. The number of anilines is 1. The van der Waals surface area contributed by atoms with Gasteiger partial charge in [-0.2, -0.15) is 4.52 Å². The van der Waals surface area contributed by atoms with Crippen molar-refractivity contribution in [3.8, 4) is 0 Å². The lowest BCUT2D eigenvalue weighted by Gasteiger charge is -1.99. The SMILES string of the molecule is CSc1nc(N)cc2nc(C)nn12. The van der Waals surface area contributed by atoms with Crippen molar-refractivity contribution in [1.82, 2.24) is 19.6 Å². The first kappa shape index (κ1) is 8.31. The number of rotatable bonds is 1. The molecular weight excluding hydrogens is 186 g/mol. The highest BCUT2D eigenvalue weighted by Gasteiger charge is 2.06. The fourth-order valence-corrected chi connectivity index (χ4v) is 1.62. The average molecular weight is 195 g/mol. The molecule has 0 aliphatic heterocycles. The van der Waals surface area contributed by atoms with Crippen molar-refractivity contribution in [2.45, 2.75) is 12.1 Å². The zero-order chi connectivity index (χ0) is 9.42. The second-order valence-electron chi connectivity index (χ2n) is 2.60. The molecule has 0 saturated heterocycles. The van der Waals surface area contributed by atoms with Crippen LogP contribution in [-0.2, 0) is 0 Å². The molecule has 0 fully saturated rings. The molecule has 6 heteroatoms. The van der Waals surface area contributed by atoms with Gasteiger partial charge in [0.15, 0.2) is 10.8 Å². The normalized spacial score (nSPS) is 10.9. The molecule has 0 unspecified atom stereocenters. The van der Waals surface area contributed by atoms with E-state index in [1.165, 1.54) is 11.8 Å². The summed E-state index contributed by atoms with van der Waals surface area (Å²) < 4.78 is 1.69. The third-order valence-corrected chi connectivity index (χ3v) is 2.23. The summed E-state index contributed by atoms with van der Waals surface area (Å²) in [6.07, 6.45) is 1.93. The maximum Gasteiger partial charge on any atom is 0.192 e. The third kappa shape index (κ3) is 1.33. The smallest absolute Gasteiger partial charge is 0.192 e. The van der Waals surface area contributed by atoms with Gasteiger partial charge in [0.2, 0.25) is 0 Å². The molecule has 2 aromatic heterocycles. The largest absolute Gasteiger partial charge is 0.383 e. The van der Waals surface area contributed by atoms with Gasteiger partial charge in [-0.1, -0.05) is 11.8 Å². The Morgan fingerprint density at radius 1 is 1.46 bits per heavy atom. The molecule has 2 rings (SSSR count). The Kier molecular flexibility index (Phi) is 1.84. The number of fused-ring (bicyclic) bond motifs is 1. The minimum absolute atomic E-state index is 0.476. The molecule has 0 aliphatic carbocycles. The first-order valence-electron chi connectivity index (χ1n) is 3.74. The van der Waals surface area contributed by atoms with Crippen molar-refractivity contribution in [2.24, 2.45) is 0 Å². The molecule has 13 heavy (non-hydrogen) atoms. The van der Waals surface area contributed by atoms with Crippen LogP contribution in [0.25, 0.3) is 5.65 Å². The van der Waals surface area contributed by atoms with Gasteiger partial charge in [-0.15, -0.1) is 5.10 Å². The summed E-state index contributed by atoms with van der Waals surface area (Å²) in [5, 5.41) is 4.95. The van der Waals surface area contributed by atoms with Crippen molar-refractivity contribution < 1.29 is 0 Å². The lowest BCUT2D eigenvalue weighted by molar-refractivity contribution is 0.789. The van der Waals surface area contributed by atoms with Crippen LogP contribution >= 0.6 is 11.8 Å². The summed E-state index contributed by atoms with van der Waals surface area (Å²) in [6, 6.07) is 1.71. The summed E-state index contributed by atoms with van der Waals surface area (Å²) >= 11 is 1.50. The Bertz CT molecular complexity index is 449. The molecule has 0 amide bonds. The minimum atomic E-state index is 0.476. The molecule has 0 atom stereocenters. The van der Waals surface area contributed by atoms with E-state index in [9.17, 15) is 0 Å². The van der Waals surface area contributed by atoms with E-state index in [0.29, 0.717) is 5.82 Å². The number of hydrogen-bond acceptors (Lipinski definition) is 5. The first-order chi connectivity index (χ1) is 6.20. The van der Waals surface area contributed by atoms with E-state index in [2.05, 4.69) is 15.1 Å². The zero-order valence-electron chi connectivity index (χ0n) is 7.35. The fourth-order valence-electron chi connectivity index (χ4n) is 1.12. The van der Waals surface area contributed by atoms with Gasteiger partial charge in [0.1, 0.15) is 11.6 Å². The quantitative estimate of drug-likeness (QED) is 0.537. The Labute approximate surface area is 79.4 Å². The van der Waals surface area contributed by atoms with Gasteiger partial charge < -0.3 is 5.73 Å². The Balaban J connectivity index is 2.80. The van der Waals surface area contributed by atoms with Gasteiger partial charge in [0.05, 0.1) is 0 Å². The second kappa shape index (κ2) is 2.88. The monoisotopic (exact) mass is 195 g/mol. The van der Waals surface area contributed by atoms with Crippen molar-refractivity contribution in [3.63, 3.8) is 0 Å². The summed E-state index contributed by atoms with van der Waals surface area (Å²) in [5.41, 5.74) is 6.35. The molecule has 68 valence electrons. The van der Waals surface area contributed by atoms with E-state index >= 15 is 0 Å². The molecule has 2 aromatic rings. The van der Waals surface area contributed by atoms with E-state index in [-0.39, 0.29) is 0 Å².